The van der Waals surface area contributed by atoms with Gasteiger partial charge in [0, 0.05) is 10.0 Å². The Morgan fingerprint density at radius 3 is 1.67 bits per heavy atom. The van der Waals surface area contributed by atoms with E-state index in [4.69, 9.17) is 32.7 Å². The molecule has 2 aromatic carbocycles. The quantitative estimate of drug-likeness (QED) is 0.898. The third kappa shape index (κ3) is 2.64. The minimum Gasteiger partial charge on any atom is -0.394 e. The van der Waals surface area contributed by atoms with Crippen LogP contribution in [-0.2, 0) is 9.47 Å². The number of hydrogen-bond acceptors (Lipinski definition) is 4. The molecular formula is C18H17Cl2NO3. The summed E-state index contributed by atoms with van der Waals surface area (Å²) in [5.74, 6) is 0. The van der Waals surface area contributed by atoms with Crippen LogP contribution in [0, 0.1) is 0 Å². The van der Waals surface area contributed by atoms with Crippen LogP contribution in [-0.4, -0.2) is 35.4 Å². The molecule has 4 nitrogen and oxygen atoms in total. The molecule has 0 bridgehead atoms. The first-order valence-electron chi connectivity index (χ1n) is 7.76. The summed E-state index contributed by atoms with van der Waals surface area (Å²) in [5, 5.41) is 11.4. The van der Waals surface area contributed by atoms with Crippen molar-refractivity contribution < 1.29 is 14.6 Å². The predicted octanol–water partition coefficient (Wildman–Crippen LogP) is 3.78. The normalized spacial score (nSPS) is 29.8. The Labute approximate surface area is 150 Å². The van der Waals surface area contributed by atoms with Crippen molar-refractivity contribution in [1.82, 2.24) is 4.90 Å². The Bertz CT molecular complexity index is 663. The van der Waals surface area contributed by atoms with Gasteiger partial charge in [0.15, 0.2) is 0 Å². The summed E-state index contributed by atoms with van der Waals surface area (Å²) in [4.78, 5) is 2.11. The topological polar surface area (TPSA) is 41.9 Å². The van der Waals surface area contributed by atoms with Crippen LogP contribution in [0.2, 0.25) is 10.0 Å². The van der Waals surface area contributed by atoms with E-state index in [0.717, 1.165) is 11.1 Å². The first kappa shape index (κ1) is 16.3. The van der Waals surface area contributed by atoms with Crippen LogP contribution >= 0.6 is 23.2 Å². The van der Waals surface area contributed by atoms with Gasteiger partial charge in [0.05, 0.1) is 25.4 Å². The molecule has 2 aromatic rings. The summed E-state index contributed by atoms with van der Waals surface area (Å²) < 4.78 is 12.1. The van der Waals surface area contributed by atoms with Gasteiger partial charge >= 0.3 is 0 Å². The highest BCUT2D eigenvalue weighted by molar-refractivity contribution is 6.30. The number of aliphatic hydroxyl groups excluding tert-OH is 1. The second-order valence-corrected chi connectivity index (χ2v) is 7.09. The molecule has 4 rings (SSSR count). The second kappa shape index (κ2) is 6.30. The van der Waals surface area contributed by atoms with E-state index in [0.29, 0.717) is 23.3 Å². The van der Waals surface area contributed by atoms with Gasteiger partial charge in [-0.3, -0.25) is 0 Å². The number of nitrogens with zero attached hydrogens (tertiary/aromatic N) is 1. The van der Waals surface area contributed by atoms with Gasteiger partial charge in [-0.05, 0) is 35.4 Å². The number of benzene rings is 2. The minimum atomic E-state index is -0.533. The van der Waals surface area contributed by atoms with E-state index < -0.39 is 5.54 Å². The highest BCUT2D eigenvalue weighted by atomic mass is 35.5. The maximum atomic E-state index is 10.0. The van der Waals surface area contributed by atoms with Gasteiger partial charge in [-0.25, -0.2) is 4.90 Å². The minimum absolute atomic E-state index is 0.0266. The number of halogens is 2. The molecule has 2 unspecified atom stereocenters. The Morgan fingerprint density at radius 2 is 1.29 bits per heavy atom. The summed E-state index contributed by atoms with van der Waals surface area (Å²) in [6.07, 6.45) is -0.588. The number of fused-ring (bicyclic) bond motifs is 1. The average Bonchev–Trinajstić information content (AvgIpc) is 3.14. The standard InChI is InChI=1S/C18H17Cl2NO3/c19-14-5-1-12(2-6-14)16-21-17(13-3-7-15(20)8-4-13)24-11-18(21,9-22)10-23-16/h1-8,16-17,22H,9-11H2/t16-,17?,18?/m0/s1. The molecule has 0 spiro atoms. The molecule has 1 N–H and O–H groups in total. The van der Waals surface area contributed by atoms with Crippen molar-refractivity contribution in [3.8, 4) is 0 Å². The van der Waals surface area contributed by atoms with Gasteiger partial charge in [0.2, 0.25) is 0 Å². The first-order chi connectivity index (χ1) is 11.6. The molecule has 2 heterocycles. The highest BCUT2D eigenvalue weighted by Gasteiger charge is 2.56. The van der Waals surface area contributed by atoms with E-state index in [1.54, 1.807) is 0 Å². The molecule has 0 aromatic heterocycles. The lowest BCUT2D eigenvalue weighted by molar-refractivity contribution is -0.0630. The number of rotatable bonds is 3. The van der Waals surface area contributed by atoms with Gasteiger partial charge in [-0.1, -0.05) is 47.5 Å². The van der Waals surface area contributed by atoms with Crippen molar-refractivity contribution in [3.05, 3.63) is 69.7 Å². The van der Waals surface area contributed by atoms with E-state index >= 15 is 0 Å². The molecule has 0 radical (unpaired) electrons. The lowest BCUT2D eigenvalue weighted by atomic mass is 10.0. The Kier molecular flexibility index (Phi) is 4.29. The van der Waals surface area contributed by atoms with E-state index in [9.17, 15) is 5.11 Å². The molecule has 126 valence electrons. The molecule has 24 heavy (non-hydrogen) atoms. The van der Waals surface area contributed by atoms with Crippen LogP contribution in [0.15, 0.2) is 48.5 Å². The van der Waals surface area contributed by atoms with Gasteiger partial charge in [0.25, 0.3) is 0 Å². The summed E-state index contributed by atoms with van der Waals surface area (Å²) in [6.45, 7) is 0.808. The summed E-state index contributed by atoms with van der Waals surface area (Å²) in [6, 6.07) is 15.1. The lowest BCUT2D eigenvalue weighted by Gasteiger charge is -2.33. The summed E-state index contributed by atoms with van der Waals surface area (Å²) in [7, 11) is 0. The van der Waals surface area contributed by atoms with Crippen molar-refractivity contribution in [1.29, 1.82) is 0 Å². The summed E-state index contributed by atoms with van der Waals surface area (Å²) >= 11 is 12.0. The maximum absolute atomic E-state index is 10.0. The SMILES string of the molecule is OCC12COC(c3ccc(Cl)cc3)N1[C@H](c1ccc(Cl)cc1)OC2. The first-order valence-corrected chi connectivity index (χ1v) is 8.52. The van der Waals surface area contributed by atoms with Crippen LogP contribution < -0.4 is 0 Å². The monoisotopic (exact) mass is 365 g/mol. The Balaban J connectivity index is 1.72. The molecule has 0 aliphatic carbocycles. The molecule has 0 amide bonds. The van der Waals surface area contributed by atoms with Crippen LogP contribution in [0.1, 0.15) is 23.6 Å². The Morgan fingerprint density at radius 1 is 0.875 bits per heavy atom. The predicted molar refractivity (Wildman–Crippen MR) is 91.9 cm³/mol. The fraction of sp³-hybridized carbons (Fsp3) is 0.333. The van der Waals surface area contributed by atoms with Gasteiger partial charge in [-0.15, -0.1) is 0 Å². The van der Waals surface area contributed by atoms with Crippen molar-refractivity contribution >= 4 is 23.2 Å². The third-order valence-electron chi connectivity index (χ3n) is 4.68. The average molecular weight is 366 g/mol. The fourth-order valence-corrected chi connectivity index (χ4v) is 3.63. The van der Waals surface area contributed by atoms with E-state index in [1.165, 1.54) is 0 Å². The Hall–Kier alpha value is -1.14. The third-order valence-corrected chi connectivity index (χ3v) is 5.18. The zero-order chi connectivity index (χ0) is 16.7. The summed E-state index contributed by atoms with van der Waals surface area (Å²) in [5.41, 5.74) is 1.44. The fourth-order valence-electron chi connectivity index (χ4n) is 3.38. The molecule has 2 saturated heterocycles. The van der Waals surface area contributed by atoms with Crippen molar-refractivity contribution in [3.63, 3.8) is 0 Å². The molecule has 2 fully saturated rings. The van der Waals surface area contributed by atoms with Crippen LogP contribution in [0.25, 0.3) is 0 Å². The van der Waals surface area contributed by atoms with E-state index in [2.05, 4.69) is 4.90 Å². The van der Waals surface area contributed by atoms with Gasteiger partial charge in [-0.2, -0.15) is 0 Å². The van der Waals surface area contributed by atoms with Crippen molar-refractivity contribution in [2.24, 2.45) is 0 Å². The number of ether oxygens (including phenoxy) is 2. The van der Waals surface area contributed by atoms with Crippen LogP contribution in [0.4, 0.5) is 0 Å². The smallest absolute Gasteiger partial charge is 0.139 e. The van der Waals surface area contributed by atoms with E-state index in [1.807, 2.05) is 48.5 Å². The maximum Gasteiger partial charge on any atom is 0.139 e. The van der Waals surface area contributed by atoms with Gasteiger partial charge < -0.3 is 14.6 Å². The molecular weight excluding hydrogens is 349 g/mol. The second-order valence-electron chi connectivity index (χ2n) is 6.22. The molecule has 2 aliphatic rings. The molecule has 2 aliphatic heterocycles. The van der Waals surface area contributed by atoms with E-state index in [-0.39, 0.29) is 19.1 Å². The van der Waals surface area contributed by atoms with Crippen LogP contribution in [0.5, 0.6) is 0 Å². The van der Waals surface area contributed by atoms with Gasteiger partial charge in [0.1, 0.15) is 12.5 Å². The van der Waals surface area contributed by atoms with Crippen molar-refractivity contribution in [2.75, 3.05) is 19.8 Å². The lowest BCUT2D eigenvalue weighted by Crippen LogP contribution is -2.47. The molecule has 0 saturated carbocycles. The highest BCUT2D eigenvalue weighted by Crippen LogP contribution is 2.48. The number of aliphatic hydroxyl groups is 1. The van der Waals surface area contributed by atoms with Crippen molar-refractivity contribution in [2.45, 2.75) is 18.0 Å². The molecule has 6 heteroatoms. The molecule has 3 atom stereocenters. The van der Waals surface area contributed by atoms with Crippen LogP contribution in [0.3, 0.4) is 0 Å². The number of hydrogen-bond donors (Lipinski definition) is 1. The zero-order valence-corrected chi connectivity index (χ0v) is 14.4. The zero-order valence-electron chi connectivity index (χ0n) is 12.9. The largest absolute Gasteiger partial charge is 0.394 e.